The molecule has 0 fully saturated rings. The van der Waals surface area contributed by atoms with Gasteiger partial charge in [-0.05, 0) is 20.8 Å². The molecule has 0 aromatic heterocycles. The van der Waals surface area contributed by atoms with Crippen LogP contribution in [-0.4, -0.2) is 47.6 Å². The third-order valence-corrected chi connectivity index (χ3v) is 1.86. The fraction of sp³-hybridized carbons (Fsp3) is 0.800. The average Bonchev–Trinajstić information content (AvgIpc) is 2.21. The number of hydrogen-bond donors (Lipinski definition) is 2. The molecule has 0 rings (SSSR count). The molecule has 0 aliphatic rings. The van der Waals surface area contributed by atoms with Crippen molar-refractivity contribution >= 4 is 11.9 Å². The molecule has 0 saturated carbocycles. The minimum atomic E-state index is -4.95. The first-order chi connectivity index (χ1) is 8.38. The summed E-state index contributed by atoms with van der Waals surface area (Å²) in [5.41, 5.74) is -0.774. The Hall–Kier alpha value is -1.38. The number of carboxylic acids is 1. The van der Waals surface area contributed by atoms with Crippen molar-refractivity contribution in [1.82, 2.24) is 5.32 Å². The van der Waals surface area contributed by atoms with Crippen LogP contribution < -0.4 is 5.32 Å². The molecular weight excluding hydrogens is 274 g/mol. The van der Waals surface area contributed by atoms with Crippen molar-refractivity contribution in [3.05, 3.63) is 0 Å². The number of ether oxygens (including phenoxy) is 1. The zero-order valence-electron chi connectivity index (χ0n) is 10.5. The topological polar surface area (TPSA) is 75.6 Å². The number of nitrogens with one attached hydrogen (secondary N) is 1. The van der Waals surface area contributed by atoms with E-state index < -0.39 is 42.5 Å². The number of alkyl halides is 4. The molecule has 0 bridgehead atoms. The van der Waals surface area contributed by atoms with Gasteiger partial charge in [0.1, 0.15) is 0 Å². The van der Waals surface area contributed by atoms with Gasteiger partial charge >= 0.3 is 18.3 Å². The van der Waals surface area contributed by atoms with Crippen LogP contribution in [0.3, 0.4) is 0 Å². The van der Waals surface area contributed by atoms with Crippen LogP contribution in [0.4, 0.5) is 17.6 Å². The second-order valence-electron chi connectivity index (χ2n) is 4.71. The Morgan fingerprint density at radius 3 is 2.05 bits per heavy atom. The summed E-state index contributed by atoms with van der Waals surface area (Å²) in [7, 11) is 0. The van der Waals surface area contributed by atoms with E-state index in [0.717, 1.165) is 0 Å². The number of halogens is 4. The van der Waals surface area contributed by atoms with E-state index in [2.05, 4.69) is 0 Å². The predicted octanol–water partition coefficient (Wildman–Crippen LogP) is 1.27. The molecule has 0 heterocycles. The van der Waals surface area contributed by atoms with Crippen molar-refractivity contribution in [2.45, 2.75) is 44.8 Å². The van der Waals surface area contributed by atoms with E-state index in [0.29, 0.717) is 0 Å². The van der Waals surface area contributed by atoms with Gasteiger partial charge in [0.05, 0.1) is 12.2 Å². The van der Waals surface area contributed by atoms with Crippen molar-refractivity contribution in [3.8, 4) is 0 Å². The summed E-state index contributed by atoms with van der Waals surface area (Å²) in [6.07, 6.45) is -4.22. The molecule has 0 unspecified atom stereocenters. The second-order valence-corrected chi connectivity index (χ2v) is 4.71. The second kappa shape index (κ2) is 6.18. The Labute approximate surface area is 106 Å². The van der Waals surface area contributed by atoms with Crippen LogP contribution >= 0.6 is 0 Å². The van der Waals surface area contributed by atoms with Gasteiger partial charge in [-0.25, -0.2) is 13.6 Å². The summed E-state index contributed by atoms with van der Waals surface area (Å²) in [5.74, 6) is -8.97. The molecule has 9 heteroatoms. The molecule has 0 aromatic rings. The molecule has 0 saturated heterocycles. The van der Waals surface area contributed by atoms with Gasteiger partial charge in [-0.3, -0.25) is 4.79 Å². The fourth-order valence-corrected chi connectivity index (χ4v) is 0.862. The van der Waals surface area contributed by atoms with E-state index in [-0.39, 0.29) is 0 Å². The van der Waals surface area contributed by atoms with Crippen molar-refractivity contribution in [2.75, 3.05) is 6.61 Å². The number of rotatable bonds is 6. The van der Waals surface area contributed by atoms with Gasteiger partial charge in [-0.15, -0.1) is 0 Å². The SMILES string of the molecule is CC(C)(C)OC[C@H](NC(=O)C(F)(F)C(F)F)C(=O)O. The quantitative estimate of drug-likeness (QED) is 0.722. The highest BCUT2D eigenvalue weighted by atomic mass is 19.3. The molecule has 0 aromatic carbocycles. The maximum absolute atomic E-state index is 12.6. The smallest absolute Gasteiger partial charge is 0.383 e. The molecule has 5 nitrogen and oxygen atoms in total. The van der Waals surface area contributed by atoms with Gasteiger partial charge in [0.25, 0.3) is 5.91 Å². The van der Waals surface area contributed by atoms with Crippen molar-refractivity contribution in [1.29, 1.82) is 0 Å². The molecular formula is C10H15F4NO4. The van der Waals surface area contributed by atoms with Crippen LogP contribution in [0.15, 0.2) is 0 Å². The number of carbonyl (C=O) groups excluding carboxylic acids is 1. The zero-order chi connectivity index (χ0) is 15.4. The lowest BCUT2D eigenvalue weighted by atomic mass is 10.2. The number of aliphatic carboxylic acids is 1. The first-order valence-electron chi connectivity index (χ1n) is 5.21. The van der Waals surface area contributed by atoms with Gasteiger partial charge in [-0.2, -0.15) is 8.78 Å². The lowest BCUT2D eigenvalue weighted by Crippen LogP contribution is -2.53. The Balaban J connectivity index is 4.69. The third kappa shape index (κ3) is 5.86. The lowest BCUT2D eigenvalue weighted by Gasteiger charge is -2.24. The van der Waals surface area contributed by atoms with Gasteiger partial charge in [0.15, 0.2) is 6.04 Å². The predicted molar refractivity (Wildman–Crippen MR) is 56.2 cm³/mol. The Bertz CT molecular complexity index is 341. The molecule has 0 radical (unpaired) electrons. The zero-order valence-corrected chi connectivity index (χ0v) is 10.5. The maximum atomic E-state index is 12.6. The monoisotopic (exact) mass is 289 g/mol. The largest absolute Gasteiger partial charge is 0.480 e. The van der Waals surface area contributed by atoms with E-state index in [1.165, 1.54) is 5.32 Å². The molecule has 1 amide bonds. The maximum Gasteiger partial charge on any atom is 0.383 e. The summed E-state index contributed by atoms with van der Waals surface area (Å²) in [6, 6.07) is -1.84. The average molecular weight is 289 g/mol. The number of carboxylic acid groups (broad SMARTS) is 1. The molecule has 112 valence electrons. The lowest BCUT2D eigenvalue weighted by molar-refractivity contribution is -0.172. The van der Waals surface area contributed by atoms with Crippen LogP contribution in [-0.2, 0) is 14.3 Å². The minimum absolute atomic E-state index is 0.621. The molecule has 19 heavy (non-hydrogen) atoms. The molecule has 0 aliphatic heterocycles. The Morgan fingerprint density at radius 2 is 1.74 bits per heavy atom. The van der Waals surface area contributed by atoms with E-state index in [9.17, 15) is 27.2 Å². The van der Waals surface area contributed by atoms with E-state index in [4.69, 9.17) is 9.84 Å². The highest BCUT2D eigenvalue weighted by molar-refractivity contribution is 5.88. The van der Waals surface area contributed by atoms with Crippen LogP contribution in [0, 0.1) is 0 Å². The number of carbonyl (C=O) groups is 2. The van der Waals surface area contributed by atoms with Crippen molar-refractivity contribution < 1.29 is 37.0 Å². The normalized spacial score (nSPS) is 14.3. The van der Waals surface area contributed by atoms with Gasteiger partial charge in [-0.1, -0.05) is 0 Å². The third-order valence-electron chi connectivity index (χ3n) is 1.86. The Kier molecular flexibility index (Phi) is 5.73. The minimum Gasteiger partial charge on any atom is -0.480 e. The van der Waals surface area contributed by atoms with Crippen LogP contribution in [0.5, 0.6) is 0 Å². The standard InChI is InChI=1S/C10H15F4NO4/c1-9(2,3)19-4-5(6(16)17)15-8(18)10(13,14)7(11)12/h5,7H,4H2,1-3H3,(H,15,18)(H,16,17)/t5-/m0/s1. The Morgan fingerprint density at radius 1 is 1.26 bits per heavy atom. The van der Waals surface area contributed by atoms with Gasteiger partial charge in [0.2, 0.25) is 0 Å². The summed E-state index contributed by atoms with van der Waals surface area (Å²) in [6.45, 7) is 4.09. The van der Waals surface area contributed by atoms with Gasteiger partial charge in [0, 0.05) is 0 Å². The number of amides is 1. The van der Waals surface area contributed by atoms with Crippen LogP contribution in [0.1, 0.15) is 20.8 Å². The number of hydrogen-bond acceptors (Lipinski definition) is 3. The first kappa shape index (κ1) is 17.6. The van der Waals surface area contributed by atoms with Crippen molar-refractivity contribution in [2.24, 2.45) is 0 Å². The summed E-state index contributed by atoms with van der Waals surface area (Å²) < 4.78 is 54.1. The van der Waals surface area contributed by atoms with Gasteiger partial charge < -0.3 is 15.2 Å². The summed E-state index contributed by atoms with van der Waals surface area (Å²) >= 11 is 0. The highest BCUT2D eigenvalue weighted by Crippen LogP contribution is 2.23. The molecule has 2 N–H and O–H groups in total. The van der Waals surface area contributed by atoms with E-state index >= 15 is 0 Å². The summed E-state index contributed by atoms with van der Waals surface area (Å²) in [5, 5.41) is 10.0. The highest BCUT2D eigenvalue weighted by Gasteiger charge is 2.50. The molecule has 0 aliphatic carbocycles. The van der Waals surface area contributed by atoms with Crippen molar-refractivity contribution in [3.63, 3.8) is 0 Å². The summed E-state index contributed by atoms with van der Waals surface area (Å²) in [4.78, 5) is 21.6. The van der Waals surface area contributed by atoms with Crippen LogP contribution in [0.25, 0.3) is 0 Å². The first-order valence-corrected chi connectivity index (χ1v) is 5.21. The molecule has 1 atom stereocenters. The molecule has 0 spiro atoms. The van der Waals surface area contributed by atoms with E-state index in [1.54, 1.807) is 20.8 Å². The van der Waals surface area contributed by atoms with E-state index in [1.807, 2.05) is 0 Å². The van der Waals surface area contributed by atoms with Crippen LogP contribution in [0.2, 0.25) is 0 Å². The fourth-order valence-electron chi connectivity index (χ4n) is 0.862.